The quantitative estimate of drug-likeness (QED) is 0.771. The molecule has 0 radical (unpaired) electrons. The van der Waals surface area contributed by atoms with Gasteiger partial charge >= 0.3 is 0 Å². The van der Waals surface area contributed by atoms with Gasteiger partial charge in [-0.1, -0.05) is 11.6 Å². The van der Waals surface area contributed by atoms with Gasteiger partial charge in [0.25, 0.3) is 5.56 Å². The maximum Gasteiger partial charge on any atom is 0.297 e. The fourth-order valence-electron chi connectivity index (χ4n) is 1.92. The summed E-state index contributed by atoms with van der Waals surface area (Å²) < 4.78 is 12.0. The Morgan fingerprint density at radius 1 is 1.65 bits per heavy atom. The summed E-state index contributed by atoms with van der Waals surface area (Å²) in [6, 6.07) is 0. The van der Waals surface area contributed by atoms with E-state index in [9.17, 15) is 4.79 Å². The van der Waals surface area contributed by atoms with Crippen LogP contribution >= 0.6 is 11.6 Å². The van der Waals surface area contributed by atoms with Crippen LogP contribution in [0, 0.1) is 0 Å². The number of halogens is 1. The van der Waals surface area contributed by atoms with E-state index in [2.05, 4.69) is 4.98 Å². The van der Waals surface area contributed by atoms with Crippen molar-refractivity contribution in [1.82, 2.24) is 9.55 Å². The van der Waals surface area contributed by atoms with Crippen LogP contribution in [0.1, 0.15) is 19.3 Å². The highest BCUT2D eigenvalue weighted by molar-refractivity contribution is 6.30. The number of nitrogens with zero attached hydrogens (tertiary/aromatic N) is 2. The van der Waals surface area contributed by atoms with E-state index in [-0.39, 0.29) is 22.6 Å². The van der Waals surface area contributed by atoms with E-state index in [1.165, 1.54) is 18.0 Å². The van der Waals surface area contributed by atoms with Gasteiger partial charge in [0.2, 0.25) is 5.75 Å². The molecule has 0 aromatic carbocycles. The van der Waals surface area contributed by atoms with Crippen LogP contribution in [0.2, 0.25) is 5.15 Å². The normalized spacial score (nSPS) is 20.2. The lowest BCUT2D eigenvalue weighted by atomic mass is 10.1. The van der Waals surface area contributed by atoms with Crippen molar-refractivity contribution >= 4 is 11.6 Å². The minimum atomic E-state index is -0.262. The van der Waals surface area contributed by atoms with Crippen molar-refractivity contribution in [1.29, 1.82) is 0 Å². The van der Waals surface area contributed by atoms with E-state index in [1.807, 2.05) is 0 Å². The minimum absolute atomic E-state index is 0.0779. The summed E-state index contributed by atoms with van der Waals surface area (Å²) in [5, 5.41) is 0.0957. The number of rotatable bonds is 3. The first-order valence-corrected chi connectivity index (χ1v) is 6.00. The molecule has 0 saturated carbocycles. The number of methoxy groups -OCH3 is 1. The van der Waals surface area contributed by atoms with Gasteiger partial charge in [-0.3, -0.25) is 9.36 Å². The molecule has 17 heavy (non-hydrogen) atoms. The second-order valence-corrected chi connectivity index (χ2v) is 4.37. The van der Waals surface area contributed by atoms with Gasteiger partial charge in [0, 0.05) is 6.61 Å². The Kier molecular flexibility index (Phi) is 4.02. The van der Waals surface area contributed by atoms with Gasteiger partial charge in [-0.2, -0.15) is 0 Å². The van der Waals surface area contributed by atoms with Gasteiger partial charge in [0.15, 0.2) is 5.15 Å². The zero-order valence-electron chi connectivity index (χ0n) is 9.69. The van der Waals surface area contributed by atoms with Crippen LogP contribution in [0.3, 0.4) is 0 Å². The molecule has 2 heterocycles. The third-order valence-electron chi connectivity index (χ3n) is 2.83. The predicted molar refractivity (Wildman–Crippen MR) is 63.7 cm³/mol. The summed E-state index contributed by atoms with van der Waals surface area (Å²) in [5.74, 6) is 0.0879. The number of aromatic nitrogens is 2. The summed E-state index contributed by atoms with van der Waals surface area (Å²) in [5.41, 5.74) is -0.262. The molecule has 1 unspecified atom stereocenters. The molecule has 1 fully saturated rings. The highest BCUT2D eigenvalue weighted by atomic mass is 35.5. The fraction of sp³-hybridized carbons (Fsp3) is 0.636. The van der Waals surface area contributed by atoms with E-state index in [0.29, 0.717) is 6.54 Å². The van der Waals surface area contributed by atoms with Gasteiger partial charge in [-0.05, 0) is 19.3 Å². The molecule has 1 aromatic heterocycles. The van der Waals surface area contributed by atoms with Gasteiger partial charge in [-0.15, -0.1) is 0 Å². The van der Waals surface area contributed by atoms with Gasteiger partial charge < -0.3 is 9.47 Å². The van der Waals surface area contributed by atoms with Crippen molar-refractivity contribution in [3.8, 4) is 5.75 Å². The maximum atomic E-state index is 12.0. The summed E-state index contributed by atoms with van der Waals surface area (Å²) in [6.45, 7) is 1.26. The van der Waals surface area contributed by atoms with E-state index in [1.54, 1.807) is 0 Å². The topological polar surface area (TPSA) is 53.4 Å². The maximum absolute atomic E-state index is 12.0. The van der Waals surface area contributed by atoms with Gasteiger partial charge in [0.05, 0.1) is 26.1 Å². The second kappa shape index (κ2) is 5.51. The van der Waals surface area contributed by atoms with Gasteiger partial charge in [-0.25, -0.2) is 4.98 Å². The Morgan fingerprint density at radius 3 is 3.12 bits per heavy atom. The first-order chi connectivity index (χ1) is 8.22. The monoisotopic (exact) mass is 258 g/mol. The molecule has 0 aliphatic carbocycles. The molecule has 5 nitrogen and oxygen atoms in total. The Bertz CT molecular complexity index is 441. The molecule has 1 aliphatic heterocycles. The summed E-state index contributed by atoms with van der Waals surface area (Å²) in [4.78, 5) is 15.9. The molecular formula is C11H15ClN2O3. The molecule has 1 aromatic rings. The zero-order chi connectivity index (χ0) is 12.3. The molecule has 1 atom stereocenters. The van der Waals surface area contributed by atoms with Crippen molar-refractivity contribution in [2.75, 3.05) is 13.7 Å². The standard InChI is InChI=1S/C11H15ClN2O3/c1-16-9-10(12)13-7-14(11(9)15)6-8-4-2-3-5-17-8/h7-8H,2-6H2,1H3. The minimum Gasteiger partial charge on any atom is -0.489 e. The van der Waals surface area contributed by atoms with Crippen LogP contribution in [-0.4, -0.2) is 29.4 Å². The highest BCUT2D eigenvalue weighted by Gasteiger charge is 2.17. The third kappa shape index (κ3) is 2.79. The van der Waals surface area contributed by atoms with E-state index in [4.69, 9.17) is 21.1 Å². The zero-order valence-corrected chi connectivity index (χ0v) is 10.4. The van der Waals surface area contributed by atoms with E-state index in [0.717, 1.165) is 25.9 Å². The summed E-state index contributed by atoms with van der Waals surface area (Å²) in [7, 11) is 1.41. The third-order valence-corrected chi connectivity index (χ3v) is 3.10. The fourth-order valence-corrected chi connectivity index (χ4v) is 2.12. The Hall–Kier alpha value is -1.07. The average Bonchev–Trinajstić information content (AvgIpc) is 2.35. The van der Waals surface area contributed by atoms with Crippen LogP contribution in [0.5, 0.6) is 5.75 Å². The first kappa shape index (κ1) is 12.4. The molecule has 2 rings (SSSR count). The smallest absolute Gasteiger partial charge is 0.297 e. The van der Waals surface area contributed by atoms with Crippen molar-refractivity contribution in [3.63, 3.8) is 0 Å². The number of ether oxygens (including phenoxy) is 2. The number of hydrogen-bond donors (Lipinski definition) is 0. The molecule has 1 aliphatic rings. The van der Waals surface area contributed by atoms with E-state index < -0.39 is 0 Å². The lowest BCUT2D eigenvalue weighted by Gasteiger charge is -2.23. The van der Waals surface area contributed by atoms with Crippen molar-refractivity contribution in [2.45, 2.75) is 31.9 Å². The van der Waals surface area contributed by atoms with Gasteiger partial charge in [0.1, 0.15) is 0 Å². The average molecular weight is 259 g/mol. The Balaban J connectivity index is 2.18. The first-order valence-electron chi connectivity index (χ1n) is 5.63. The molecule has 0 N–H and O–H groups in total. The van der Waals surface area contributed by atoms with Crippen LogP contribution < -0.4 is 10.3 Å². The highest BCUT2D eigenvalue weighted by Crippen LogP contribution is 2.17. The van der Waals surface area contributed by atoms with Crippen molar-refractivity contribution in [2.24, 2.45) is 0 Å². The van der Waals surface area contributed by atoms with E-state index >= 15 is 0 Å². The van der Waals surface area contributed by atoms with Crippen LogP contribution in [0.15, 0.2) is 11.1 Å². The summed E-state index contributed by atoms with van der Waals surface area (Å²) >= 11 is 5.76. The van der Waals surface area contributed by atoms with Crippen molar-refractivity contribution in [3.05, 3.63) is 21.8 Å². The number of hydrogen-bond acceptors (Lipinski definition) is 4. The molecular weight excluding hydrogens is 244 g/mol. The lowest BCUT2D eigenvalue weighted by molar-refractivity contribution is 0.00514. The summed E-state index contributed by atoms with van der Waals surface area (Å²) in [6.07, 6.45) is 4.71. The molecule has 94 valence electrons. The Morgan fingerprint density at radius 2 is 2.47 bits per heavy atom. The van der Waals surface area contributed by atoms with Crippen LogP contribution in [0.4, 0.5) is 0 Å². The largest absolute Gasteiger partial charge is 0.489 e. The predicted octanol–water partition coefficient (Wildman–Crippen LogP) is 1.47. The Labute approximate surface area is 104 Å². The lowest BCUT2D eigenvalue weighted by Crippen LogP contribution is -2.31. The van der Waals surface area contributed by atoms with Crippen LogP contribution in [-0.2, 0) is 11.3 Å². The molecule has 0 amide bonds. The molecule has 1 saturated heterocycles. The van der Waals surface area contributed by atoms with Crippen molar-refractivity contribution < 1.29 is 9.47 Å². The second-order valence-electron chi connectivity index (χ2n) is 4.01. The SMILES string of the molecule is COc1c(Cl)ncn(CC2CCCCO2)c1=O. The molecule has 0 bridgehead atoms. The molecule has 0 spiro atoms. The van der Waals surface area contributed by atoms with Crippen LogP contribution in [0.25, 0.3) is 0 Å². The molecule has 6 heteroatoms.